The molecule has 1 heterocycles. The van der Waals surface area contributed by atoms with Crippen molar-refractivity contribution in [2.45, 2.75) is 9.79 Å². The number of likely N-dealkylation sites (N-methyl/N-ethyl adjacent to an activating group) is 2. The van der Waals surface area contributed by atoms with Gasteiger partial charge in [0.25, 0.3) is 17.5 Å². The second kappa shape index (κ2) is 8.06. The highest BCUT2D eigenvalue weighted by atomic mass is 35.5. The lowest BCUT2D eigenvalue weighted by molar-refractivity contribution is -0.387. The van der Waals surface area contributed by atoms with Crippen LogP contribution < -0.4 is 0 Å². The monoisotopic (exact) mass is 431 g/mol. The third-order valence-corrected chi connectivity index (χ3v) is 5.50. The molecule has 1 aliphatic heterocycles. The molecule has 3 rings (SSSR count). The summed E-state index contributed by atoms with van der Waals surface area (Å²) in [5, 5.41) is 12.1. The third-order valence-electron chi connectivity index (χ3n) is 4.18. The Morgan fingerprint density at radius 3 is 2.14 bits per heavy atom. The summed E-state index contributed by atoms with van der Waals surface area (Å²) < 4.78 is 0. The van der Waals surface area contributed by atoms with Crippen molar-refractivity contribution in [1.82, 2.24) is 9.80 Å². The smallest absolute Gasteiger partial charge is 0.268 e. The summed E-state index contributed by atoms with van der Waals surface area (Å²) in [7, 11) is 2.52. The number of benzene rings is 2. The summed E-state index contributed by atoms with van der Waals surface area (Å²) in [5.74, 6) is -1.53. The van der Waals surface area contributed by atoms with E-state index < -0.39 is 22.8 Å². The number of nitro benzene ring substituents is 1. The average Bonchev–Trinajstić information content (AvgIpc) is 2.70. The van der Waals surface area contributed by atoms with Crippen molar-refractivity contribution in [3.8, 4) is 0 Å². The Morgan fingerprint density at radius 2 is 1.59 bits per heavy atom. The second-order valence-electron chi connectivity index (χ2n) is 6.11. The van der Waals surface area contributed by atoms with Gasteiger partial charge >= 0.3 is 6.03 Å². The first-order valence-electron chi connectivity index (χ1n) is 8.22. The minimum atomic E-state index is -0.764. The molecule has 0 unspecified atom stereocenters. The molecular formula is C19H14ClN3O5S. The van der Waals surface area contributed by atoms with E-state index in [0.29, 0.717) is 15.5 Å². The minimum Gasteiger partial charge on any atom is -0.268 e. The molecule has 2 aromatic carbocycles. The lowest BCUT2D eigenvalue weighted by Crippen LogP contribution is -2.52. The molecule has 0 spiro atoms. The van der Waals surface area contributed by atoms with Gasteiger partial charge in [0.1, 0.15) is 5.57 Å². The predicted octanol–water partition coefficient (Wildman–Crippen LogP) is 3.83. The fourth-order valence-electron chi connectivity index (χ4n) is 2.62. The number of hydrogen-bond acceptors (Lipinski definition) is 6. The van der Waals surface area contributed by atoms with Gasteiger partial charge in [-0.05, 0) is 42.0 Å². The van der Waals surface area contributed by atoms with Crippen LogP contribution in [0.4, 0.5) is 10.5 Å². The van der Waals surface area contributed by atoms with Gasteiger partial charge in [-0.2, -0.15) is 0 Å². The van der Waals surface area contributed by atoms with Crippen molar-refractivity contribution < 1.29 is 19.3 Å². The van der Waals surface area contributed by atoms with Crippen molar-refractivity contribution in [1.29, 1.82) is 0 Å². The molecule has 148 valence electrons. The lowest BCUT2D eigenvalue weighted by Gasteiger charge is -2.28. The quantitative estimate of drug-likeness (QED) is 0.315. The number of nitro groups is 1. The average molecular weight is 432 g/mol. The number of halogens is 1. The Hall–Kier alpha value is -3.17. The van der Waals surface area contributed by atoms with Crippen LogP contribution in [0.1, 0.15) is 5.56 Å². The zero-order valence-corrected chi connectivity index (χ0v) is 16.9. The van der Waals surface area contributed by atoms with Crippen molar-refractivity contribution in [2.24, 2.45) is 0 Å². The first-order valence-corrected chi connectivity index (χ1v) is 9.42. The number of barbiturate groups is 1. The van der Waals surface area contributed by atoms with Gasteiger partial charge in [-0.3, -0.25) is 29.5 Å². The number of carbonyl (C=O) groups excluding carboxylic acids is 3. The van der Waals surface area contributed by atoms with Crippen molar-refractivity contribution in [3.05, 3.63) is 68.7 Å². The molecule has 10 heteroatoms. The zero-order chi connectivity index (χ0) is 21.3. The molecule has 0 aliphatic carbocycles. The highest BCUT2D eigenvalue weighted by Crippen LogP contribution is 2.36. The van der Waals surface area contributed by atoms with Gasteiger partial charge < -0.3 is 0 Å². The molecule has 2 aromatic rings. The molecule has 0 bridgehead atoms. The number of imide groups is 2. The molecule has 0 atom stereocenters. The Kier molecular flexibility index (Phi) is 5.71. The van der Waals surface area contributed by atoms with Crippen LogP contribution in [0.25, 0.3) is 6.08 Å². The van der Waals surface area contributed by atoms with E-state index in [1.165, 1.54) is 38.0 Å². The Morgan fingerprint density at radius 1 is 1.00 bits per heavy atom. The van der Waals surface area contributed by atoms with Crippen LogP contribution in [0.15, 0.2) is 57.8 Å². The number of urea groups is 1. The molecule has 0 radical (unpaired) electrons. The summed E-state index contributed by atoms with van der Waals surface area (Å²) in [4.78, 5) is 50.2. The van der Waals surface area contributed by atoms with Crippen molar-refractivity contribution >= 4 is 53.0 Å². The van der Waals surface area contributed by atoms with Crippen LogP contribution in [-0.4, -0.2) is 46.7 Å². The molecule has 4 amide bonds. The maximum Gasteiger partial charge on any atom is 0.333 e. The zero-order valence-electron chi connectivity index (χ0n) is 15.3. The maximum absolute atomic E-state index is 12.3. The van der Waals surface area contributed by atoms with Crippen molar-refractivity contribution in [2.75, 3.05) is 14.1 Å². The molecule has 1 fully saturated rings. The number of rotatable bonds is 4. The van der Waals surface area contributed by atoms with Crippen LogP contribution in [-0.2, 0) is 9.59 Å². The summed E-state index contributed by atoms with van der Waals surface area (Å²) in [6, 6.07) is 10.5. The number of amides is 4. The molecule has 8 nitrogen and oxygen atoms in total. The van der Waals surface area contributed by atoms with E-state index in [9.17, 15) is 24.5 Å². The van der Waals surface area contributed by atoms with Crippen LogP contribution >= 0.6 is 23.4 Å². The number of nitrogens with zero attached hydrogens (tertiary/aromatic N) is 3. The van der Waals surface area contributed by atoms with E-state index in [0.717, 1.165) is 14.7 Å². The number of hydrogen-bond donors (Lipinski definition) is 0. The summed E-state index contributed by atoms with van der Waals surface area (Å²) in [6.07, 6.45) is 1.24. The standard InChI is InChI=1S/C19H14ClN3O5S/c1-21-17(24)14(18(25)22(2)19(21)26)9-11-3-8-16(15(10-11)23(27)28)29-13-6-4-12(20)5-7-13/h3-10H,1-2H3. The summed E-state index contributed by atoms with van der Waals surface area (Å²) in [5.41, 5.74) is -0.125. The van der Waals surface area contributed by atoms with E-state index in [1.54, 1.807) is 36.4 Å². The predicted molar refractivity (Wildman–Crippen MR) is 108 cm³/mol. The Balaban J connectivity index is 1.98. The molecular weight excluding hydrogens is 418 g/mol. The minimum absolute atomic E-state index is 0.173. The normalized spacial score (nSPS) is 14.4. The van der Waals surface area contributed by atoms with Crippen molar-refractivity contribution in [3.63, 3.8) is 0 Å². The van der Waals surface area contributed by atoms with Gasteiger partial charge in [-0.1, -0.05) is 29.4 Å². The summed E-state index contributed by atoms with van der Waals surface area (Å²) >= 11 is 7.05. The van der Waals surface area contributed by atoms with Gasteiger partial charge in [0, 0.05) is 30.1 Å². The van der Waals surface area contributed by atoms with Crippen LogP contribution in [0, 0.1) is 10.1 Å². The fourth-order valence-corrected chi connectivity index (χ4v) is 3.65. The highest BCUT2D eigenvalue weighted by Gasteiger charge is 2.37. The van der Waals surface area contributed by atoms with Gasteiger partial charge in [0.2, 0.25) is 0 Å². The molecule has 1 aliphatic rings. The first kappa shape index (κ1) is 20.6. The Bertz CT molecular complexity index is 1040. The molecule has 0 saturated carbocycles. The van der Waals surface area contributed by atoms with Gasteiger partial charge in [-0.25, -0.2) is 4.79 Å². The maximum atomic E-state index is 12.3. The van der Waals surface area contributed by atoms with E-state index >= 15 is 0 Å². The van der Waals surface area contributed by atoms with Crippen LogP contribution in [0.2, 0.25) is 5.02 Å². The molecule has 1 saturated heterocycles. The second-order valence-corrected chi connectivity index (χ2v) is 7.66. The Labute approximate surface area is 174 Å². The topological polar surface area (TPSA) is 101 Å². The summed E-state index contributed by atoms with van der Waals surface area (Å²) in [6.45, 7) is 0. The number of carbonyl (C=O) groups is 3. The molecule has 29 heavy (non-hydrogen) atoms. The van der Waals surface area contributed by atoms with Gasteiger partial charge in [-0.15, -0.1) is 0 Å². The fraction of sp³-hybridized carbons (Fsp3) is 0.105. The van der Waals surface area contributed by atoms with E-state index in [-0.39, 0.29) is 11.3 Å². The van der Waals surface area contributed by atoms with Crippen LogP contribution in [0.3, 0.4) is 0 Å². The third kappa shape index (κ3) is 4.15. The van der Waals surface area contributed by atoms with E-state index in [4.69, 9.17) is 11.6 Å². The highest BCUT2D eigenvalue weighted by molar-refractivity contribution is 7.99. The van der Waals surface area contributed by atoms with E-state index in [2.05, 4.69) is 0 Å². The first-order chi connectivity index (χ1) is 13.7. The largest absolute Gasteiger partial charge is 0.333 e. The van der Waals surface area contributed by atoms with Gasteiger partial charge in [0.15, 0.2) is 0 Å². The van der Waals surface area contributed by atoms with E-state index in [1.807, 2.05) is 0 Å². The lowest BCUT2D eigenvalue weighted by atomic mass is 10.1. The molecule has 0 aromatic heterocycles. The van der Waals surface area contributed by atoms with Gasteiger partial charge in [0.05, 0.1) is 9.82 Å². The SMILES string of the molecule is CN1C(=O)C(=Cc2ccc(Sc3ccc(Cl)cc3)c([N+](=O)[O-])c2)C(=O)N(C)C1=O. The van der Waals surface area contributed by atoms with Crippen LogP contribution in [0.5, 0.6) is 0 Å². The molecule has 0 N–H and O–H groups in total.